The Morgan fingerprint density at radius 3 is 2.87 bits per heavy atom. The highest BCUT2D eigenvalue weighted by Gasteiger charge is 2.53. The summed E-state index contributed by atoms with van der Waals surface area (Å²) in [5, 5.41) is 31.7. The predicted molar refractivity (Wildman–Crippen MR) is 132 cm³/mol. The molecule has 0 radical (unpaired) electrons. The van der Waals surface area contributed by atoms with E-state index in [9.17, 15) is 29.4 Å². The number of nitrogens with one attached hydrogen (secondary N) is 2. The van der Waals surface area contributed by atoms with E-state index in [1.807, 2.05) is 0 Å². The highest BCUT2D eigenvalue weighted by atomic mass is 32.2. The van der Waals surface area contributed by atoms with Crippen LogP contribution in [0.1, 0.15) is 21.7 Å². The number of oxime groups is 1. The van der Waals surface area contributed by atoms with Crippen LogP contribution < -0.4 is 20.7 Å². The fourth-order valence-electron chi connectivity index (χ4n) is 4.36. The van der Waals surface area contributed by atoms with Gasteiger partial charge in [0.2, 0.25) is 5.52 Å². The van der Waals surface area contributed by atoms with E-state index in [0.29, 0.717) is 16.7 Å². The van der Waals surface area contributed by atoms with Crippen molar-refractivity contribution < 1.29 is 38.7 Å². The van der Waals surface area contributed by atoms with Crippen LogP contribution in [0, 0.1) is 0 Å². The number of rotatable bonds is 8. The third-order valence-electron chi connectivity index (χ3n) is 6.00. The Morgan fingerprint density at radius 1 is 1.42 bits per heavy atom. The number of pyridine rings is 1. The van der Waals surface area contributed by atoms with Gasteiger partial charge in [0.05, 0.1) is 23.4 Å². The van der Waals surface area contributed by atoms with E-state index in [4.69, 9.17) is 10.6 Å². The van der Waals surface area contributed by atoms with Crippen molar-refractivity contribution in [2.24, 2.45) is 5.16 Å². The Hall–Kier alpha value is -4.44. The van der Waals surface area contributed by atoms with E-state index in [1.54, 1.807) is 18.3 Å². The number of hydrogen-bond donors (Lipinski definition) is 4. The number of aromatic amines is 1. The Morgan fingerprint density at radius 2 is 2.21 bits per heavy atom. The van der Waals surface area contributed by atoms with Crippen molar-refractivity contribution in [3.63, 3.8) is 0 Å². The summed E-state index contributed by atoms with van der Waals surface area (Å²) in [5.74, 6) is -3.77. The van der Waals surface area contributed by atoms with Gasteiger partial charge in [0.15, 0.2) is 10.8 Å². The van der Waals surface area contributed by atoms with Crippen LogP contribution in [-0.2, 0) is 25.6 Å². The van der Waals surface area contributed by atoms with Gasteiger partial charge in [-0.3, -0.25) is 14.5 Å². The number of carboxylic acid groups (broad SMARTS) is 2. The van der Waals surface area contributed by atoms with Crippen LogP contribution in [0.2, 0.25) is 0 Å². The van der Waals surface area contributed by atoms with Gasteiger partial charge in [0.1, 0.15) is 24.2 Å². The number of fused-ring (bicyclic) bond motifs is 2. The topological polar surface area (TPSA) is 207 Å². The molecule has 2 aliphatic heterocycles. The molecule has 3 aromatic heterocycles. The van der Waals surface area contributed by atoms with Gasteiger partial charge < -0.3 is 30.9 Å². The Kier molecular flexibility index (Phi) is 6.50. The van der Waals surface area contributed by atoms with Gasteiger partial charge >= 0.3 is 11.7 Å². The maximum atomic E-state index is 13.0. The van der Waals surface area contributed by atoms with Crippen LogP contribution in [0.25, 0.3) is 5.52 Å². The number of aromatic carboxylic acids is 1. The molecule has 14 nitrogen and oxygen atoms in total. The maximum absolute atomic E-state index is 13.0. The summed E-state index contributed by atoms with van der Waals surface area (Å²) in [6.45, 7) is 0. The van der Waals surface area contributed by atoms with Gasteiger partial charge in [-0.15, -0.1) is 23.1 Å². The van der Waals surface area contributed by atoms with Crippen LogP contribution in [0.3, 0.4) is 0 Å². The minimum absolute atomic E-state index is 0.00848. The van der Waals surface area contributed by atoms with Gasteiger partial charge in [-0.2, -0.15) is 5.10 Å². The normalized spacial score (nSPS) is 19.2. The fraction of sp³-hybridized carbons (Fsp3) is 0.227. The van der Waals surface area contributed by atoms with Crippen LogP contribution in [0.15, 0.2) is 46.2 Å². The number of anilines is 1. The third kappa shape index (κ3) is 4.22. The molecule has 16 heteroatoms. The third-order valence-corrected chi connectivity index (χ3v) is 8.01. The van der Waals surface area contributed by atoms with Gasteiger partial charge in [-0.1, -0.05) is 9.67 Å². The molecular weight excluding hydrogens is 538 g/mol. The zero-order valence-corrected chi connectivity index (χ0v) is 21.2. The minimum Gasteiger partial charge on any atom is -0.543 e. The lowest BCUT2D eigenvalue weighted by molar-refractivity contribution is -0.579. The van der Waals surface area contributed by atoms with Crippen molar-refractivity contribution in [3.8, 4) is 0 Å². The summed E-state index contributed by atoms with van der Waals surface area (Å²) < 4.78 is 1.38. The van der Waals surface area contributed by atoms with E-state index < -0.39 is 35.2 Å². The van der Waals surface area contributed by atoms with Crippen molar-refractivity contribution in [3.05, 3.63) is 58.0 Å². The summed E-state index contributed by atoms with van der Waals surface area (Å²) >= 11 is 2.38. The van der Waals surface area contributed by atoms with Crippen molar-refractivity contribution in [1.82, 2.24) is 20.3 Å². The van der Waals surface area contributed by atoms with E-state index in [2.05, 4.69) is 20.6 Å². The molecule has 1 saturated heterocycles. The number of β-lactam (4-membered cyclic amide) rings is 1. The second-order valence-electron chi connectivity index (χ2n) is 8.21. The van der Waals surface area contributed by atoms with Gasteiger partial charge in [-0.05, 0) is 11.6 Å². The highest BCUT2D eigenvalue weighted by Crippen LogP contribution is 2.41. The number of thioether (sulfide) groups is 1. The second kappa shape index (κ2) is 9.79. The molecule has 0 bridgehead atoms. The van der Waals surface area contributed by atoms with Gasteiger partial charge in [-0.25, -0.2) is 9.78 Å². The van der Waals surface area contributed by atoms with E-state index in [-0.39, 0.29) is 40.1 Å². The van der Waals surface area contributed by atoms with Crippen molar-refractivity contribution in [2.75, 3.05) is 18.6 Å². The number of carboxylic acids is 2. The maximum Gasteiger partial charge on any atom is 0.404 e. The van der Waals surface area contributed by atoms with Gasteiger partial charge in [0, 0.05) is 29.7 Å². The number of thiazole rings is 1. The molecule has 5 heterocycles. The number of hydrogen-bond acceptors (Lipinski definition) is 11. The van der Waals surface area contributed by atoms with E-state index in [0.717, 1.165) is 16.2 Å². The molecular formula is C22H19N7O7S2. The average Bonchev–Trinajstić information content (AvgIpc) is 3.51. The van der Waals surface area contributed by atoms with Crippen LogP contribution in [0.4, 0.5) is 5.13 Å². The number of nitrogens with two attached hydrogens (primary N) is 1. The molecule has 38 heavy (non-hydrogen) atoms. The molecule has 2 amide bonds. The lowest BCUT2D eigenvalue weighted by atomic mass is 9.99. The van der Waals surface area contributed by atoms with E-state index in [1.165, 1.54) is 34.8 Å². The molecule has 0 saturated carbocycles. The molecule has 3 aromatic rings. The number of carbonyl (C=O) groups excluding carboxylic acids is 3. The average molecular weight is 558 g/mol. The summed E-state index contributed by atoms with van der Waals surface area (Å²) in [5.41, 5.74) is 6.99. The summed E-state index contributed by atoms with van der Waals surface area (Å²) in [6, 6.07) is 3.71. The van der Waals surface area contributed by atoms with Crippen molar-refractivity contribution >= 4 is 63.2 Å². The number of aliphatic carboxylic acids is 1. The molecule has 0 aliphatic carbocycles. The monoisotopic (exact) mass is 557 g/mol. The Labute approximate surface area is 221 Å². The van der Waals surface area contributed by atoms with Crippen molar-refractivity contribution in [1.29, 1.82) is 0 Å². The standard InChI is InChI=1S/C22H19N7O7S2/c1-36-27-14(11-8-38-22(23)25-11)17(30)26-15-18(31)28-16(21(34)35)10(7-37-19(15)28)5-9-6-24-29-12(9)3-2-4-13(29)20(32)33/h2-4,6,8,15,19H,5,7H2,1H3,(H5,23,25,26,30,32,33,34,35)/b27-14-/t15-,19+/m1/s1. The molecule has 0 spiro atoms. The van der Waals surface area contributed by atoms with Crippen LogP contribution in [-0.4, -0.2) is 73.8 Å². The molecule has 0 aromatic carbocycles. The summed E-state index contributed by atoms with van der Waals surface area (Å²) in [7, 11) is 1.25. The predicted octanol–water partition coefficient (Wildman–Crippen LogP) is -1.51. The zero-order valence-electron chi connectivity index (χ0n) is 19.5. The number of nitrogens with zero attached hydrogens (tertiary/aromatic N) is 4. The molecule has 2 atom stereocenters. The van der Waals surface area contributed by atoms with Crippen LogP contribution in [0.5, 0.6) is 0 Å². The zero-order chi connectivity index (χ0) is 27.1. The molecule has 5 N–H and O–H groups in total. The first-order valence-electron chi connectivity index (χ1n) is 11.0. The first-order valence-corrected chi connectivity index (χ1v) is 12.9. The molecule has 2 aliphatic rings. The largest absolute Gasteiger partial charge is 0.543 e. The second-order valence-corrected chi connectivity index (χ2v) is 10.2. The minimum atomic E-state index is -1.53. The molecule has 0 unspecified atom stereocenters. The number of amides is 2. The Balaban J connectivity index is 1.39. The SMILES string of the molecule is CO/N=C(\C(=O)N[C@@H]1C(=O)N2C(C(=O)[O-])=C(Cc3c[nH][n+]4c(C(=O)O)cccc34)CS[C@@H]12)c1csc(N)n1. The number of aromatic nitrogens is 3. The number of H-pyrrole nitrogens is 1. The lowest BCUT2D eigenvalue weighted by Crippen LogP contribution is -2.71. The van der Waals surface area contributed by atoms with Crippen molar-refractivity contribution in [2.45, 2.75) is 17.8 Å². The first kappa shape index (κ1) is 25.2. The first-order chi connectivity index (χ1) is 18.2. The lowest BCUT2D eigenvalue weighted by Gasteiger charge is -2.50. The smallest absolute Gasteiger partial charge is 0.404 e. The summed E-state index contributed by atoms with van der Waals surface area (Å²) in [4.78, 5) is 59.4. The summed E-state index contributed by atoms with van der Waals surface area (Å²) in [6.07, 6.45) is 1.72. The fourth-order valence-corrected chi connectivity index (χ4v) is 6.26. The number of carbonyl (C=O) groups is 4. The van der Waals surface area contributed by atoms with Gasteiger partial charge in [0.25, 0.3) is 11.8 Å². The molecule has 1 fully saturated rings. The Bertz CT molecular complexity index is 1560. The highest BCUT2D eigenvalue weighted by molar-refractivity contribution is 8.00. The molecule has 196 valence electrons. The van der Waals surface area contributed by atoms with Crippen LogP contribution >= 0.6 is 23.1 Å². The quantitative estimate of drug-likeness (QED) is 0.109. The number of nitrogen functional groups attached to an aromatic ring is 1. The van der Waals surface area contributed by atoms with E-state index >= 15 is 0 Å². The molecule has 5 rings (SSSR count).